The van der Waals surface area contributed by atoms with Crippen molar-refractivity contribution in [3.8, 4) is 0 Å². The van der Waals surface area contributed by atoms with Gasteiger partial charge in [0, 0.05) is 12.8 Å². The molecule has 0 radical (unpaired) electrons. The van der Waals surface area contributed by atoms with E-state index in [2.05, 4.69) is 111 Å². The summed E-state index contributed by atoms with van der Waals surface area (Å²) in [5.41, 5.74) is 0. The maximum absolute atomic E-state index is 12.8. The summed E-state index contributed by atoms with van der Waals surface area (Å²) in [6.07, 6.45) is 83.3. The molecule has 0 rings (SSSR count). The zero-order chi connectivity index (χ0) is 58.4. The molecule has 2 unspecified atom stereocenters. The van der Waals surface area contributed by atoms with Gasteiger partial charge in [-0.05, 0) is 89.9 Å². The van der Waals surface area contributed by atoms with Crippen LogP contribution in [0, 0.1) is 0 Å². The smallest absolute Gasteiger partial charge is 0.306 e. The van der Waals surface area contributed by atoms with E-state index in [-0.39, 0.29) is 32.0 Å². The second kappa shape index (κ2) is 60.5. The number of likely N-dealkylation sites (N-methyl/N-ethyl adjacent to an activating group) is 1. The minimum atomic E-state index is -4.64. The summed E-state index contributed by atoms with van der Waals surface area (Å²) < 4.78 is 34.3. The molecular formula is C70H124NO8P. The van der Waals surface area contributed by atoms with Crippen LogP contribution in [0.4, 0.5) is 0 Å². The Morgan fingerprint density at radius 1 is 0.388 bits per heavy atom. The number of esters is 2. The summed E-state index contributed by atoms with van der Waals surface area (Å²) in [4.78, 5) is 38.0. The summed E-state index contributed by atoms with van der Waals surface area (Å²) in [6, 6.07) is 0. The van der Waals surface area contributed by atoms with Crippen LogP contribution in [0.1, 0.15) is 284 Å². The van der Waals surface area contributed by atoms with Crippen molar-refractivity contribution in [2.24, 2.45) is 0 Å². The molecule has 0 N–H and O–H groups in total. The van der Waals surface area contributed by atoms with Gasteiger partial charge in [0.2, 0.25) is 0 Å². The van der Waals surface area contributed by atoms with Crippen LogP contribution in [0.5, 0.6) is 0 Å². The van der Waals surface area contributed by atoms with Crippen LogP contribution in [-0.2, 0) is 32.7 Å². The number of hydrogen-bond donors (Lipinski definition) is 0. The Kier molecular flexibility index (Phi) is 58.2. The monoisotopic (exact) mass is 1140 g/mol. The van der Waals surface area contributed by atoms with Gasteiger partial charge < -0.3 is 27.9 Å². The highest BCUT2D eigenvalue weighted by Gasteiger charge is 2.22. The van der Waals surface area contributed by atoms with Gasteiger partial charge in [0.15, 0.2) is 6.10 Å². The van der Waals surface area contributed by atoms with E-state index in [0.717, 1.165) is 103 Å². The Morgan fingerprint density at radius 3 is 1.00 bits per heavy atom. The highest BCUT2D eigenvalue weighted by atomic mass is 31.2. The number of phosphoric ester groups is 1. The third kappa shape index (κ3) is 64.1. The first-order valence-electron chi connectivity index (χ1n) is 32.9. The lowest BCUT2D eigenvalue weighted by molar-refractivity contribution is -0.870. The quantitative estimate of drug-likeness (QED) is 0.0195. The average Bonchev–Trinajstić information content (AvgIpc) is 3.42. The van der Waals surface area contributed by atoms with Crippen molar-refractivity contribution in [3.63, 3.8) is 0 Å². The SMILES string of the molecule is CC/C=C\C/C=C\C/C=C\C/C=C\CCCCCCCCCCCCCCCCCCCCCCC(=O)OC(COC(=O)CCCCCCCCCCCC/C=C\C/C=C\C/C=C\C/C=C\CC)COP(=O)([O-])OCC[N+](C)(C)C. The summed E-state index contributed by atoms with van der Waals surface area (Å²) in [5.74, 6) is -0.832. The molecule has 0 saturated heterocycles. The molecule has 10 heteroatoms. The summed E-state index contributed by atoms with van der Waals surface area (Å²) in [5, 5.41) is 0. The fourth-order valence-corrected chi connectivity index (χ4v) is 9.84. The molecular weight excluding hydrogens is 1010 g/mol. The Balaban J connectivity index is 4.05. The molecule has 0 aromatic heterocycles. The van der Waals surface area contributed by atoms with Crippen LogP contribution in [0.15, 0.2) is 97.2 Å². The molecule has 0 amide bonds. The van der Waals surface area contributed by atoms with E-state index in [0.29, 0.717) is 17.4 Å². The Hall–Kier alpha value is -3.07. The van der Waals surface area contributed by atoms with E-state index in [1.807, 2.05) is 21.1 Å². The van der Waals surface area contributed by atoms with Crippen molar-refractivity contribution in [2.75, 3.05) is 47.5 Å². The van der Waals surface area contributed by atoms with Gasteiger partial charge in [0.25, 0.3) is 7.82 Å². The molecule has 0 heterocycles. The van der Waals surface area contributed by atoms with Crippen LogP contribution >= 0.6 is 7.82 Å². The van der Waals surface area contributed by atoms with Crippen LogP contribution in [0.25, 0.3) is 0 Å². The normalized spacial score (nSPS) is 13.8. The number of phosphoric acid groups is 1. The van der Waals surface area contributed by atoms with E-state index >= 15 is 0 Å². The number of allylic oxidation sites excluding steroid dienone is 16. The van der Waals surface area contributed by atoms with E-state index in [4.69, 9.17) is 18.5 Å². The highest BCUT2D eigenvalue weighted by molar-refractivity contribution is 7.45. The zero-order valence-electron chi connectivity index (χ0n) is 52.5. The van der Waals surface area contributed by atoms with Gasteiger partial charge in [-0.25, -0.2) is 0 Å². The molecule has 0 saturated carbocycles. The Labute approximate surface area is 493 Å². The number of carbonyl (C=O) groups excluding carboxylic acids is 2. The fourth-order valence-electron chi connectivity index (χ4n) is 9.11. The largest absolute Gasteiger partial charge is 0.756 e. The van der Waals surface area contributed by atoms with E-state index < -0.39 is 26.5 Å². The molecule has 80 heavy (non-hydrogen) atoms. The minimum Gasteiger partial charge on any atom is -0.756 e. The predicted molar refractivity (Wildman–Crippen MR) is 342 cm³/mol. The first kappa shape index (κ1) is 76.9. The molecule has 0 fully saturated rings. The lowest BCUT2D eigenvalue weighted by Crippen LogP contribution is -2.37. The number of ether oxygens (including phenoxy) is 2. The molecule has 0 aromatic carbocycles. The van der Waals surface area contributed by atoms with Gasteiger partial charge in [-0.3, -0.25) is 14.2 Å². The van der Waals surface area contributed by atoms with Crippen molar-refractivity contribution < 1.29 is 42.1 Å². The maximum atomic E-state index is 12.8. The number of carbonyl (C=O) groups is 2. The Morgan fingerprint density at radius 2 is 0.675 bits per heavy atom. The summed E-state index contributed by atoms with van der Waals surface area (Å²) in [7, 11) is 1.16. The number of quaternary nitrogens is 1. The molecule has 0 aliphatic heterocycles. The zero-order valence-corrected chi connectivity index (χ0v) is 53.4. The summed E-state index contributed by atoms with van der Waals surface area (Å²) in [6.45, 7) is 4.04. The number of unbranched alkanes of at least 4 members (excludes halogenated alkanes) is 30. The van der Waals surface area contributed by atoms with Crippen molar-refractivity contribution >= 4 is 19.8 Å². The van der Waals surface area contributed by atoms with Gasteiger partial charge in [0.05, 0.1) is 27.7 Å². The lowest BCUT2D eigenvalue weighted by Gasteiger charge is -2.28. The maximum Gasteiger partial charge on any atom is 0.306 e. The number of nitrogens with zero attached hydrogens (tertiary/aromatic N) is 1. The number of rotatable bonds is 60. The second-order valence-corrected chi connectivity index (χ2v) is 24.5. The van der Waals surface area contributed by atoms with Gasteiger partial charge in [-0.15, -0.1) is 0 Å². The third-order valence-corrected chi connectivity index (χ3v) is 15.1. The highest BCUT2D eigenvalue weighted by Crippen LogP contribution is 2.38. The van der Waals surface area contributed by atoms with E-state index in [1.165, 1.54) is 148 Å². The third-order valence-electron chi connectivity index (χ3n) is 14.1. The molecule has 0 spiro atoms. The Bertz CT molecular complexity index is 1670. The van der Waals surface area contributed by atoms with E-state index in [1.54, 1.807) is 0 Å². The molecule has 0 bridgehead atoms. The molecule has 0 aliphatic rings. The van der Waals surface area contributed by atoms with Crippen molar-refractivity contribution in [1.82, 2.24) is 0 Å². The van der Waals surface area contributed by atoms with Crippen molar-refractivity contribution in [1.29, 1.82) is 0 Å². The molecule has 0 aromatic rings. The fraction of sp³-hybridized carbons (Fsp3) is 0.743. The summed E-state index contributed by atoms with van der Waals surface area (Å²) >= 11 is 0. The first-order chi connectivity index (χ1) is 39.0. The molecule has 2 atom stereocenters. The second-order valence-electron chi connectivity index (χ2n) is 23.1. The molecule has 462 valence electrons. The van der Waals surface area contributed by atoms with E-state index in [9.17, 15) is 19.0 Å². The standard InChI is InChI=1S/C70H124NO8P/c1-6-8-10-12-14-16-18-20-22-24-26-28-30-31-32-33-34-35-36-37-38-39-41-43-45-47-49-51-53-55-57-59-61-63-70(73)79-68(67-78-80(74,75)77-65-64-71(3,4)5)66-76-69(72)62-60-58-56-54-52-50-48-46-44-42-40-29-27-25-23-21-19-17-15-13-11-9-7-2/h8-11,14-17,20-23,26-29,68H,6-7,12-13,18-19,24-25,30-67H2,1-5H3/b10-8-,11-9-,16-14-,17-15-,22-20-,23-21-,28-26-,29-27-. The average molecular weight is 1140 g/mol. The van der Waals surface area contributed by atoms with Crippen LogP contribution < -0.4 is 4.89 Å². The van der Waals surface area contributed by atoms with Gasteiger partial charge in [-0.1, -0.05) is 278 Å². The van der Waals surface area contributed by atoms with Crippen LogP contribution in [-0.4, -0.2) is 70.0 Å². The topological polar surface area (TPSA) is 111 Å². The van der Waals surface area contributed by atoms with Gasteiger partial charge >= 0.3 is 11.9 Å². The van der Waals surface area contributed by atoms with Gasteiger partial charge in [-0.2, -0.15) is 0 Å². The van der Waals surface area contributed by atoms with Crippen molar-refractivity contribution in [2.45, 2.75) is 290 Å². The first-order valence-corrected chi connectivity index (χ1v) is 34.4. The molecule has 9 nitrogen and oxygen atoms in total. The van der Waals surface area contributed by atoms with Crippen LogP contribution in [0.3, 0.4) is 0 Å². The van der Waals surface area contributed by atoms with Crippen LogP contribution in [0.2, 0.25) is 0 Å². The predicted octanol–water partition coefficient (Wildman–Crippen LogP) is 20.5. The van der Waals surface area contributed by atoms with Gasteiger partial charge in [0.1, 0.15) is 19.8 Å². The lowest BCUT2D eigenvalue weighted by atomic mass is 10.0. The minimum absolute atomic E-state index is 0.0337. The van der Waals surface area contributed by atoms with Crippen molar-refractivity contribution in [3.05, 3.63) is 97.2 Å². The molecule has 0 aliphatic carbocycles. The number of hydrogen-bond acceptors (Lipinski definition) is 8.